The number of hydrogen-bond acceptors (Lipinski definition) is 3. The van der Waals surface area contributed by atoms with Crippen LogP contribution < -0.4 is 10.6 Å². The number of aliphatic imine (C=N–C) groups is 1. The molecular weight excluding hydrogens is 292 g/mol. The van der Waals surface area contributed by atoms with Crippen molar-refractivity contribution in [3.05, 3.63) is 52.0 Å². The molecule has 0 aliphatic rings. The minimum Gasteiger partial charge on any atom is -0.357 e. The van der Waals surface area contributed by atoms with Crippen LogP contribution in [0.15, 0.2) is 41.5 Å². The van der Waals surface area contributed by atoms with Crippen molar-refractivity contribution < 1.29 is 0 Å². The first kappa shape index (κ1) is 16.5. The quantitative estimate of drug-likeness (QED) is 0.469. The molecule has 0 unspecified atom stereocenters. The highest BCUT2D eigenvalue weighted by Gasteiger charge is 2.00. The number of thiazole rings is 1. The average Bonchev–Trinajstić information content (AvgIpc) is 2.95. The number of aryl methyl sites for hydroxylation is 2. The topological polar surface area (TPSA) is 49.3 Å². The molecule has 0 amide bonds. The van der Waals surface area contributed by atoms with E-state index in [1.165, 1.54) is 10.4 Å². The highest BCUT2D eigenvalue weighted by Crippen LogP contribution is 2.12. The van der Waals surface area contributed by atoms with Crippen LogP contribution in [-0.4, -0.2) is 24.0 Å². The van der Waals surface area contributed by atoms with Crippen LogP contribution in [-0.2, 0) is 13.0 Å². The fourth-order valence-corrected chi connectivity index (χ4v) is 2.84. The van der Waals surface area contributed by atoms with Crippen molar-refractivity contribution in [2.75, 3.05) is 13.1 Å². The van der Waals surface area contributed by atoms with Crippen molar-refractivity contribution in [3.8, 4) is 0 Å². The summed E-state index contributed by atoms with van der Waals surface area (Å²) in [6, 6.07) is 10.6. The normalized spacial score (nSPS) is 11.5. The number of nitrogens with one attached hydrogen (secondary N) is 2. The smallest absolute Gasteiger partial charge is 0.191 e. The summed E-state index contributed by atoms with van der Waals surface area (Å²) in [6.45, 7) is 6.57. The van der Waals surface area contributed by atoms with Crippen LogP contribution in [0.4, 0.5) is 0 Å². The number of rotatable bonds is 7. The largest absolute Gasteiger partial charge is 0.357 e. The fourth-order valence-electron chi connectivity index (χ4n) is 2.12. The number of hydrogen-bond donors (Lipinski definition) is 2. The molecule has 0 saturated heterocycles. The molecule has 2 rings (SSSR count). The molecule has 0 aliphatic heterocycles. The molecule has 0 bridgehead atoms. The van der Waals surface area contributed by atoms with Gasteiger partial charge in [-0.05, 0) is 32.3 Å². The second kappa shape index (κ2) is 9.20. The Kier molecular flexibility index (Phi) is 6.90. The van der Waals surface area contributed by atoms with Gasteiger partial charge in [-0.15, -0.1) is 11.3 Å². The molecule has 2 aromatic rings. The number of benzene rings is 1. The molecule has 4 nitrogen and oxygen atoms in total. The maximum Gasteiger partial charge on any atom is 0.191 e. The summed E-state index contributed by atoms with van der Waals surface area (Å²) in [4.78, 5) is 10.1. The molecule has 0 atom stereocenters. The van der Waals surface area contributed by atoms with E-state index in [-0.39, 0.29) is 0 Å². The zero-order valence-corrected chi connectivity index (χ0v) is 14.1. The first-order valence-corrected chi connectivity index (χ1v) is 8.57. The molecule has 118 valence electrons. The molecule has 22 heavy (non-hydrogen) atoms. The van der Waals surface area contributed by atoms with Gasteiger partial charge in [0, 0.05) is 24.2 Å². The number of aromatic nitrogens is 1. The minimum atomic E-state index is 0.680. The zero-order chi connectivity index (χ0) is 15.6. The van der Waals surface area contributed by atoms with E-state index in [2.05, 4.69) is 57.9 Å². The summed E-state index contributed by atoms with van der Waals surface area (Å²) in [5.41, 5.74) is 1.38. The maximum absolute atomic E-state index is 4.61. The molecule has 1 aromatic heterocycles. The number of guanidine groups is 1. The van der Waals surface area contributed by atoms with E-state index in [1.807, 2.05) is 13.1 Å². The second-order valence-electron chi connectivity index (χ2n) is 5.06. The van der Waals surface area contributed by atoms with Gasteiger partial charge in [-0.1, -0.05) is 30.3 Å². The van der Waals surface area contributed by atoms with Crippen molar-refractivity contribution in [2.45, 2.75) is 33.2 Å². The van der Waals surface area contributed by atoms with Gasteiger partial charge in [0.05, 0.1) is 11.6 Å². The van der Waals surface area contributed by atoms with Crippen molar-refractivity contribution in [1.82, 2.24) is 15.6 Å². The zero-order valence-electron chi connectivity index (χ0n) is 13.3. The maximum atomic E-state index is 4.61. The Labute approximate surface area is 136 Å². The Morgan fingerprint density at radius 3 is 2.73 bits per heavy atom. The van der Waals surface area contributed by atoms with Gasteiger partial charge in [0.2, 0.25) is 0 Å². The van der Waals surface area contributed by atoms with Gasteiger partial charge in [0.25, 0.3) is 0 Å². The Hall–Kier alpha value is -1.88. The lowest BCUT2D eigenvalue weighted by atomic mass is 10.1. The lowest BCUT2D eigenvalue weighted by Gasteiger charge is -2.11. The Morgan fingerprint density at radius 1 is 1.23 bits per heavy atom. The van der Waals surface area contributed by atoms with Crippen molar-refractivity contribution in [3.63, 3.8) is 0 Å². The van der Waals surface area contributed by atoms with E-state index in [1.54, 1.807) is 11.3 Å². The van der Waals surface area contributed by atoms with E-state index in [9.17, 15) is 0 Å². The first-order chi connectivity index (χ1) is 10.8. The van der Waals surface area contributed by atoms with Gasteiger partial charge in [-0.3, -0.25) is 0 Å². The van der Waals surface area contributed by atoms with Crippen LogP contribution in [0.5, 0.6) is 0 Å². The van der Waals surface area contributed by atoms with Crippen LogP contribution in [0.1, 0.15) is 28.8 Å². The molecule has 1 heterocycles. The molecule has 0 aliphatic carbocycles. The predicted octanol–water partition coefficient (Wildman–Crippen LogP) is 3.14. The van der Waals surface area contributed by atoms with Crippen molar-refractivity contribution in [2.24, 2.45) is 4.99 Å². The first-order valence-electron chi connectivity index (χ1n) is 7.75. The highest BCUT2D eigenvalue weighted by molar-refractivity contribution is 7.11. The molecule has 5 heteroatoms. The van der Waals surface area contributed by atoms with Gasteiger partial charge >= 0.3 is 0 Å². The summed E-state index contributed by atoms with van der Waals surface area (Å²) in [6.07, 6.45) is 4.08. The summed E-state index contributed by atoms with van der Waals surface area (Å²) < 4.78 is 0. The summed E-state index contributed by atoms with van der Waals surface area (Å²) in [7, 11) is 0. The van der Waals surface area contributed by atoms with Crippen LogP contribution in [0.2, 0.25) is 0 Å². The summed E-state index contributed by atoms with van der Waals surface area (Å²) >= 11 is 1.70. The van der Waals surface area contributed by atoms with E-state index in [0.29, 0.717) is 6.54 Å². The second-order valence-corrected chi connectivity index (χ2v) is 6.38. The van der Waals surface area contributed by atoms with E-state index < -0.39 is 0 Å². The van der Waals surface area contributed by atoms with Crippen LogP contribution in [0, 0.1) is 6.92 Å². The van der Waals surface area contributed by atoms with E-state index in [4.69, 9.17) is 0 Å². The predicted molar refractivity (Wildman–Crippen MR) is 94.4 cm³/mol. The third kappa shape index (κ3) is 5.85. The molecular formula is C17H24N4S. The van der Waals surface area contributed by atoms with E-state index in [0.717, 1.165) is 36.9 Å². The molecule has 0 spiro atoms. The van der Waals surface area contributed by atoms with Crippen LogP contribution >= 0.6 is 11.3 Å². The van der Waals surface area contributed by atoms with Crippen LogP contribution in [0.25, 0.3) is 0 Å². The Morgan fingerprint density at radius 2 is 2.05 bits per heavy atom. The molecule has 1 aromatic carbocycles. The molecule has 2 N–H and O–H groups in total. The Bertz CT molecular complexity index is 577. The lowest BCUT2D eigenvalue weighted by molar-refractivity contribution is 0.744. The van der Waals surface area contributed by atoms with Gasteiger partial charge in [0.15, 0.2) is 5.96 Å². The van der Waals surface area contributed by atoms with E-state index >= 15 is 0 Å². The molecule has 0 fully saturated rings. The van der Waals surface area contributed by atoms with Gasteiger partial charge in [0.1, 0.15) is 0 Å². The van der Waals surface area contributed by atoms with Gasteiger partial charge in [-0.2, -0.15) is 0 Å². The molecule has 0 saturated carbocycles. The third-order valence-corrected chi connectivity index (χ3v) is 4.08. The standard InChI is InChI=1S/C17H24N4S/c1-3-18-17(21-13-16-12-20-14(2)22-16)19-11-7-10-15-8-5-4-6-9-15/h4-6,8-9,12H,3,7,10-11,13H2,1-2H3,(H2,18,19,21). The fraction of sp³-hybridized carbons (Fsp3) is 0.412. The number of nitrogens with zero attached hydrogens (tertiary/aromatic N) is 2. The highest BCUT2D eigenvalue weighted by atomic mass is 32.1. The average molecular weight is 316 g/mol. The lowest BCUT2D eigenvalue weighted by Crippen LogP contribution is -2.37. The Balaban J connectivity index is 1.76. The summed E-state index contributed by atoms with van der Waals surface area (Å²) in [5, 5.41) is 7.76. The van der Waals surface area contributed by atoms with Crippen molar-refractivity contribution in [1.29, 1.82) is 0 Å². The monoisotopic (exact) mass is 316 g/mol. The minimum absolute atomic E-state index is 0.680. The van der Waals surface area contributed by atoms with Gasteiger partial charge < -0.3 is 10.6 Å². The third-order valence-electron chi connectivity index (χ3n) is 3.18. The van der Waals surface area contributed by atoms with Crippen molar-refractivity contribution >= 4 is 17.3 Å². The SMILES string of the molecule is CCNC(=NCc1cnc(C)s1)NCCCc1ccccc1. The van der Waals surface area contributed by atoms with Crippen LogP contribution in [0.3, 0.4) is 0 Å². The molecule has 0 radical (unpaired) electrons. The van der Waals surface area contributed by atoms with Gasteiger partial charge in [-0.25, -0.2) is 9.98 Å². The summed E-state index contributed by atoms with van der Waals surface area (Å²) in [5.74, 6) is 0.876.